The predicted octanol–water partition coefficient (Wildman–Crippen LogP) is 0.703. The summed E-state index contributed by atoms with van der Waals surface area (Å²) in [5.41, 5.74) is 0. The predicted molar refractivity (Wildman–Crippen MR) is 55.0 cm³/mol. The lowest BCUT2D eigenvalue weighted by molar-refractivity contribution is 0.0419. The summed E-state index contributed by atoms with van der Waals surface area (Å²) in [6.45, 7) is 3.13. The van der Waals surface area contributed by atoms with Crippen LogP contribution in [-0.4, -0.2) is 50.8 Å². The molecule has 0 aromatic carbocycles. The lowest BCUT2D eigenvalue weighted by atomic mass is 9.93. The number of nitrogens with zero attached hydrogens (tertiary/aromatic N) is 1. The van der Waals surface area contributed by atoms with E-state index in [1.54, 1.807) is 7.11 Å². The lowest BCUT2D eigenvalue weighted by Crippen LogP contribution is -2.52. The highest BCUT2D eigenvalue weighted by molar-refractivity contribution is 4.87. The van der Waals surface area contributed by atoms with Crippen molar-refractivity contribution in [1.29, 1.82) is 0 Å². The Morgan fingerprint density at radius 3 is 2.69 bits per heavy atom. The first-order valence-corrected chi connectivity index (χ1v) is 5.07. The summed E-state index contributed by atoms with van der Waals surface area (Å²) in [6.07, 6.45) is 2.44. The smallest absolute Gasteiger partial charge is 0.0618 e. The summed E-state index contributed by atoms with van der Waals surface area (Å²) < 4.78 is 5.22. The van der Waals surface area contributed by atoms with Crippen molar-refractivity contribution in [2.75, 3.05) is 27.8 Å². The highest BCUT2D eigenvalue weighted by Crippen LogP contribution is 2.21. The Hall–Kier alpha value is -0.120. The highest BCUT2D eigenvalue weighted by Gasteiger charge is 2.29. The van der Waals surface area contributed by atoms with Gasteiger partial charge in [-0.25, -0.2) is 0 Å². The van der Waals surface area contributed by atoms with Crippen LogP contribution in [0.1, 0.15) is 19.8 Å². The van der Waals surface area contributed by atoms with E-state index in [1.165, 1.54) is 12.8 Å². The van der Waals surface area contributed by atoms with Crippen molar-refractivity contribution in [3.63, 3.8) is 0 Å². The Balaban J connectivity index is 2.50. The van der Waals surface area contributed by atoms with Crippen molar-refractivity contribution in [1.82, 2.24) is 10.2 Å². The lowest BCUT2D eigenvalue weighted by Gasteiger charge is -2.41. The molecule has 0 aromatic rings. The molecule has 0 amide bonds. The van der Waals surface area contributed by atoms with Crippen LogP contribution in [0.5, 0.6) is 0 Å². The molecule has 1 N–H and O–H groups in total. The van der Waals surface area contributed by atoms with Gasteiger partial charge in [0.05, 0.1) is 6.61 Å². The zero-order chi connectivity index (χ0) is 9.84. The van der Waals surface area contributed by atoms with Gasteiger partial charge in [0.2, 0.25) is 0 Å². The number of hydrogen-bond donors (Lipinski definition) is 1. The summed E-state index contributed by atoms with van der Waals surface area (Å²) in [5, 5.41) is 3.36. The van der Waals surface area contributed by atoms with E-state index in [2.05, 4.69) is 24.2 Å². The maximum absolute atomic E-state index is 5.22. The Kier molecular flexibility index (Phi) is 4.16. The van der Waals surface area contributed by atoms with Gasteiger partial charge in [0.25, 0.3) is 0 Å². The molecule has 13 heavy (non-hydrogen) atoms. The van der Waals surface area contributed by atoms with E-state index in [9.17, 15) is 0 Å². The van der Waals surface area contributed by atoms with Gasteiger partial charge in [-0.1, -0.05) is 0 Å². The molecule has 0 bridgehead atoms. The summed E-state index contributed by atoms with van der Waals surface area (Å²) in [4.78, 5) is 2.43. The number of rotatable bonds is 3. The summed E-state index contributed by atoms with van der Waals surface area (Å²) in [7, 11) is 6.02. The van der Waals surface area contributed by atoms with Crippen molar-refractivity contribution < 1.29 is 4.74 Å². The van der Waals surface area contributed by atoms with Gasteiger partial charge in [-0.05, 0) is 33.9 Å². The second-order valence-corrected chi connectivity index (χ2v) is 4.08. The number of likely N-dealkylation sites (tertiary alicyclic amines) is 1. The van der Waals surface area contributed by atoms with Crippen LogP contribution in [0.4, 0.5) is 0 Å². The first-order chi connectivity index (χ1) is 6.19. The minimum absolute atomic E-state index is 0.575. The van der Waals surface area contributed by atoms with Gasteiger partial charge >= 0.3 is 0 Å². The second-order valence-electron chi connectivity index (χ2n) is 4.08. The molecule has 78 valence electrons. The average molecular weight is 186 g/mol. The van der Waals surface area contributed by atoms with Crippen LogP contribution in [0.3, 0.4) is 0 Å². The molecule has 3 nitrogen and oxygen atoms in total. The van der Waals surface area contributed by atoms with E-state index in [4.69, 9.17) is 4.74 Å². The zero-order valence-electron chi connectivity index (χ0n) is 9.21. The molecule has 0 aromatic heterocycles. The van der Waals surface area contributed by atoms with Crippen LogP contribution < -0.4 is 5.32 Å². The Bertz CT molecular complexity index is 152. The number of ether oxygens (including phenoxy) is 1. The van der Waals surface area contributed by atoms with Crippen LogP contribution in [0.15, 0.2) is 0 Å². The van der Waals surface area contributed by atoms with Gasteiger partial charge in [-0.3, -0.25) is 4.90 Å². The average Bonchev–Trinajstić information content (AvgIpc) is 2.13. The first-order valence-electron chi connectivity index (χ1n) is 5.07. The van der Waals surface area contributed by atoms with Crippen molar-refractivity contribution in [2.24, 2.45) is 0 Å². The molecule has 0 saturated carbocycles. The molecule has 0 aliphatic carbocycles. The molecule has 1 rings (SSSR count). The van der Waals surface area contributed by atoms with Crippen LogP contribution in [-0.2, 0) is 4.74 Å². The third-order valence-corrected chi connectivity index (χ3v) is 3.22. The number of nitrogens with one attached hydrogen (secondary N) is 1. The van der Waals surface area contributed by atoms with Gasteiger partial charge < -0.3 is 10.1 Å². The molecule has 1 aliphatic heterocycles. The van der Waals surface area contributed by atoms with Gasteiger partial charge in [-0.15, -0.1) is 0 Å². The van der Waals surface area contributed by atoms with Gasteiger partial charge in [0.1, 0.15) is 0 Å². The molecular weight excluding hydrogens is 164 g/mol. The Labute approximate surface area is 81.4 Å². The van der Waals surface area contributed by atoms with Crippen molar-refractivity contribution in [3.8, 4) is 0 Å². The maximum atomic E-state index is 5.22. The van der Waals surface area contributed by atoms with E-state index >= 15 is 0 Å². The monoisotopic (exact) mass is 186 g/mol. The normalized spacial score (nSPS) is 36.5. The third kappa shape index (κ3) is 2.66. The molecule has 3 atom stereocenters. The van der Waals surface area contributed by atoms with Crippen LogP contribution in [0, 0.1) is 0 Å². The molecule has 3 heteroatoms. The Morgan fingerprint density at radius 2 is 2.15 bits per heavy atom. The van der Waals surface area contributed by atoms with E-state index < -0.39 is 0 Å². The molecule has 3 unspecified atom stereocenters. The van der Waals surface area contributed by atoms with E-state index in [-0.39, 0.29) is 0 Å². The van der Waals surface area contributed by atoms with Crippen molar-refractivity contribution >= 4 is 0 Å². The standard InChI is InChI=1S/C10H22N2O/c1-8-5-9(11-2)6-10(7-13-4)12(8)3/h8-11H,5-7H2,1-4H3. The molecule has 0 spiro atoms. The summed E-state index contributed by atoms with van der Waals surface area (Å²) in [5.74, 6) is 0. The minimum atomic E-state index is 0.575. The van der Waals surface area contributed by atoms with Crippen LogP contribution in [0.2, 0.25) is 0 Å². The largest absolute Gasteiger partial charge is 0.383 e. The topological polar surface area (TPSA) is 24.5 Å². The van der Waals surface area contributed by atoms with Gasteiger partial charge in [0, 0.05) is 25.2 Å². The molecule has 1 fully saturated rings. The highest BCUT2D eigenvalue weighted by atomic mass is 16.5. The summed E-state index contributed by atoms with van der Waals surface area (Å²) in [6, 6.07) is 1.89. The molecule has 1 saturated heterocycles. The van der Waals surface area contributed by atoms with Gasteiger partial charge in [-0.2, -0.15) is 0 Å². The third-order valence-electron chi connectivity index (χ3n) is 3.22. The molecule has 0 radical (unpaired) electrons. The second kappa shape index (κ2) is 4.94. The minimum Gasteiger partial charge on any atom is -0.383 e. The molecule has 1 heterocycles. The SMILES string of the molecule is CNC1CC(C)N(C)C(COC)C1. The quantitative estimate of drug-likeness (QED) is 0.702. The maximum Gasteiger partial charge on any atom is 0.0618 e. The van der Waals surface area contributed by atoms with Gasteiger partial charge in [0.15, 0.2) is 0 Å². The molecular formula is C10H22N2O. The fourth-order valence-corrected chi connectivity index (χ4v) is 2.14. The summed E-state index contributed by atoms with van der Waals surface area (Å²) >= 11 is 0. The van der Waals surface area contributed by atoms with Crippen LogP contribution in [0.25, 0.3) is 0 Å². The van der Waals surface area contributed by atoms with E-state index in [0.717, 1.165) is 6.61 Å². The Morgan fingerprint density at radius 1 is 1.46 bits per heavy atom. The van der Waals surface area contributed by atoms with Crippen molar-refractivity contribution in [2.45, 2.75) is 37.9 Å². The van der Waals surface area contributed by atoms with E-state index in [1.807, 2.05) is 7.05 Å². The fraction of sp³-hybridized carbons (Fsp3) is 1.00. The first kappa shape index (κ1) is 11.0. The van der Waals surface area contributed by atoms with Crippen molar-refractivity contribution in [3.05, 3.63) is 0 Å². The zero-order valence-corrected chi connectivity index (χ0v) is 9.21. The number of hydrogen-bond acceptors (Lipinski definition) is 3. The number of likely N-dealkylation sites (N-methyl/N-ethyl adjacent to an activating group) is 1. The molecule has 1 aliphatic rings. The fourth-order valence-electron chi connectivity index (χ4n) is 2.14. The number of methoxy groups -OCH3 is 1. The van der Waals surface area contributed by atoms with Crippen LogP contribution >= 0.6 is 0 Å². The van der Waals surface area contributed by atoms with E-state index in [0.29, 0.717) is 18.1 Å². The number of piperidine rings is 1.